The van der Waals surface area contributed by atoms with Crippen LogP contribution in [-0.4, -0.2) is 81.7 Å². The van der Waals surface area contributed by atoms with Crippen LogP contribution in [0, 0.1) is 11.8 Å². The van der Waals surface area contributed by atoms with Crippen molar-refractivity contribution >= 4 is 27.9 Å². The molecule has 268 valence electrons. The lowest BCUT2D eigenvalue weighted by Gasteiger charge is -2.38. The second-order valence-corrected chi connectivity index (χ2v) is 14.7. The minimum Gasteiger partial charge on any atom is -0.488 e. The van der Waals surface area contributed by atoms with Crippen LogP contribution in [-0.2, 0) is 16.1 Å². The number of carbonyl (C=O) groups is 1. The average molecular weight is 694 g/mol. The first kappa shape index (κ1) is 33.6. The molecule has 0 radical (unpaired) electrons. The standard InChI is InChI=1S/C39H47N7O5/c1-20(2)34(45-39(48)50-5)38(47)46-21(3)6-11-32(46)37-42-29-10-8-23-14-28-26-9-7-24(13-25(26)19-51-33(28)15-27(23)35(29)44-37)31-17-41-36(43-31)30-12-22(16-40-30)18-49-4/h7-10,13-15,17,20-22,30,32,34,38,40,47H,6,11-12,16,18-19H2,1-5H3,(H,41,43)(H,42,44)(H,45,48)/t21-,22-,30-,32-,34-,38?/m0/s1. The first-order chi connectivity index (χ1) is 24.7. The number of nitrogens with zero attached hydrogens (tertiary/aromatic N) is 3. The van der Waals surface area contributed by atoms with Crippen molar-refractivity contribution in [2.24, 2.45) is 11.8 Å². The highest BCUT2D eigenvalue weighted by molar-refractivity contribution is 6.07. The van der Waals surface area contributed by atoms with Crippen molar-refractivity contribution in [2.75, 3.05) is 27.4 Å². The molecule has 51 heavy (non-hydrogen) atoms. The summed E-state index contributed by atoms with van der Waals surface area (Å²) in [6, 6.07) is 14.7. The number of hydrogen-bond donors (Lipinski definition) is 5. The van der Waals surface area contributed by atoms with Gasteiger partial charge in [0.25, 0.3) is 0 Å². The summed E-state index contributed by atoms with van der Waals surface area (Å²) in [4.78, 5) is 31.2. The van der Waals surface area contributed by atoms with Gasteiger partial charge in [-0.25, -0.2) is 14.8 Å². The Balaban J connectivity index is 1.07. The van der Waals surface area contributed by atoms with Crippen LogP contribution in [0.4, 0.5) is 4.79 Å². The second kappa shape index (κ2) is 13.6. The number of alkyl carbamates (subject to hydrolysis) is 1. The average Bonchev–Trinajstić information content (AvgIpc) is 3.95. The van der Waals surface area contributed by atoms with Crippen LogP contribution >= 0.6 is 0 Å². The summed E-state index contributed by atoms with van der Waals surface area (Å²) in [6.45, 7) is 8.24. The molecule has 12 nitrogen and oxygen atoms in total. The number of H-pyrrole nitrogens is 2. The van der Waals surface area contributed by atoms with Gasteiger partial charge in [-0.2, -0.15) is 0 Å². The van der Waals surface area contributed by atoms with Gasteiger partial charge in [0.2, 0.25) is 0 Å². The van der Waals surface area contributed by atoms with Gasteiger partial charge in [0.15, 0.2) is 0 Å². The molecule has 5 N–H and O–H groups in total. The van der Waals surface area contributed by atoms with E-state index in [9.17, 15) is 9.90 Å². The molecule has 2 fully saturated rings. The summed E-state index contributed by atoms with van der Waals surface area (Å²) in [6.07, 6.45) is 3.20. The van der Waals surface area contributed by atoms with Gasteiger partial charge in [-0.1, -0.05) is 32.0 Å². The van der Waals surface area contributed by atoms with Crippen LogP contribution < -0.4 is 15.4 Å². The van der Waals surface area contributed by atoms with Gasteiger partial charge in [-0.3, -0.25) is 4.90 Å². The molecule has 2 aromatic heterocycles. The third-order valence-corrected chi connectivity index (χ3v) is 11.1. The van der Waals surface area contributed by atoms with Crippen molar-refractivity contribution in [3.8, 4) is 28.1 Å². The Labute approximate surface area is 297 Å². The number of nitrogens with one attached hydrogen (secondary N) is 4. The van der Waals surface area contributed by atoms with E-state index in [2.05, 4.69) is 74.9 Å². The topological polar surface area (TPSA) is 150 Å². The van der Waals surface area contributed by atoms with Gasteiger partial charge < -0.3 is 39.9 Å². The number of ether oxygens (including phenoxy) is 3. The lowest BCUT2D eigenvalue weighted by Crippen LogP contribution is -2.55. The zero-order valence-electron chi connectivity index (χ0n) is 29.8. The molecule has 5 heterocycles. The highest BCUT2D eigenvalue weighted by atomic mass is 16.5. The van der Waals surface area contributed by atoms with Gasteiger partial charge >= 0.3 is 6.09 Å². The van der Waals surface area contributed by atoms with Crippen molar-refractivity contribution in [3.63, 3.8) is 0 Å². The number of aromatic nitrogens is 4. The SMILES string of the molecule is COC[C@@H]1CN[C@H](c2ncc(-c3ccc4c(c3)COc3cc5c(ccc6[nH]c([C@@H]7CC[C@H](C)N7C(O)[C@@H](NC(=O)OC)C(C)C)nc65)cc3-4)[nH]2)C1. The number of carbonyl (C=O) groups excluding carboxylic acids is 1. The maximum atomic E-state index is 12.1. The van der Waals surface area contributed by atoms with Crippen LogP contribution in [0.15, 0.2) is 48.7 Å². The van der Waals surface area contributed by atoms with Gasteiger partial charge in [0, 0.05) is 30.6 Å². The Morgan fingerprint density at radius 1 is 1.10 bits per heavy atom. The van der Waals surface area contributed by atoms with E-state index in [0.717, 1.165) is 99.6 Å². The normalized spacial score (nSPS) is 23.0. The van der Waals surface area contributed by atoms with Gasteiger partial charge in [0.1, 0.15) is 30.2 Å². The predicted octanol–water partition coefficient (Wildman–Crippen LogP) is 6.19. The van der Waals surface area contributed by atoms with Crippen molar-refractivity contribution < 1.29 is 24.1 Å². The number of fused-ring (bicyclic) bond motifs is 6. The zero-order chi connectivity index (χ0) is 35.4. The third-order valence-electron chi connectivity index (χ3n) is 11.1. The van der Waals surface area contributed by atoms with Gasteiger partial charge in [-0.05, 0) is 84.4 Å². The fraction of sp³-hybridized carbons (Fsp3) is 0.462. The van der Waals surface area contributed by atoms with Crippen molar-refractivity contribution in [1.82, 2.24) is 35.5 Å². The molecular weight excluding hydrogens is 646 g/mol. The number of rotatable bonds is 9. The maximum Gasteiger partial charge on any atom is 0.407 e. The van der Waals surface area contributed by atoms with E-state index < -0.39 is 18.4 Å². The lowest BCUT2D eigenvalue weighted by atomic mass is 9.92. The largest absolute Gasteiger partial charge is 0.488 e. The summed E-state index contributed by atoms with van der Waals surface area (Å²) in [5.74, 6) is 3.09. The summed E-state index contributed by atoms with van der Waals surface area (Å²) >= 11 is 0. The summed E-state index contributed by atoms with van der Waals surface area (Å²) in [7, 11) is 3.09. The van der Waals surface area contributed by atoms with E-state index in [4.69, 9.17) is 24.2 Å². The van der Waals surface area contributed by atoms with E-state index in [-0.39, 0.29) is 24.0 Å². The maximum absolute atomic E-state index is 12.1. The minimum atomic E-state index is -0.911. The molecule has 0 saturated carbocycles. The molecule has 8 rings (SSSR count). The number of aliphatic hydroxyl groups excluding tert-OH is 1. The Hall–Kier alpha value is -4.49. The first-order valence-corrected chi connectivity index (χ1v) is 18.0. The molecule has 3 aliphatic heterocycles. The van der Waals surface area contributed by atoms with Gasteiger partial charge in [-0.15, -0.1) is 0 Å². The molecule has 0 bridgehead atoms. The summed E-state index contributed by atoms with van der Waals surface area (Å²) in [5.41, 5.74) is 7.24. The zero-order valence-corrected chi connectivity index (χ0v) is 29.8. The number of methoxy groups -OCH3 is 2. The van der Waals surface area contributed by atoms with Crippen LogP contribution in [0.1, 0.15) is 69.3 Å². The molecule has 12 heteroatoms. The van der Waals surface area contributed by atoms with Crippen molar-refractivity contribution in [3.05, 3.63) is 65.9 Å². The van der Waals surface area contributed by atoms with Crippen molar-refractivity contribution in [2.45, 2.75) is 77.0 Å². The van der Waals surface area contributed by atoms with Crippen LogP contribution in [0.2, 0.25) is 0 Å². The fourth-order valence-electron chi connectivity index (χ4n) is 8.36. The highest BCUT2D eigenvalue weighted by Gasteiger charge is 2.42. The molecule has 1 unspecified atom stereocenters. The van der Waals surface area contributed by atoms with Crippen LogP contribution in [0.3, 0.4) is 0 Å². The quantitative estimate of drug-likeness (QED) is 0.122. The second-order valence-electron chi connectivity index (χ2n) is 14.7. The number of aliphatic hydroxyl groups is 1. The number of imidazole rings is 2. The first-order valence-electron chi connectivity index (χ1n) is 18.0. The Morgan fingerprint density at radius 3 is 2.76 bits per heavy atom. The number of aromatic amines is 2. The molecule has 3 aliphatic rings. The van der Waals surface area contributed by atoms with Crippen LogP contribution in [0.25, 0.3) is 44.2 Å². The molecule has 0 spiro atoms. The molecular formula is C39H47N7O5. The van der Waals surface area contributed by atoms with Gasteiger partial charge in [0.05, 0.1) is 54.8 Å². The monoisotopic (exact) mass is 693 g/mol. The summed E-state index contributed by atoms with van der Waals surface area (Å²) in [5, 5.41) is 20.1. The van der Waals surface area contributed by atoms with E-state index in [1.165, 1.54) is 7.11 Å². The number of benzene rings is 3. The smallest absolute Gasteiger partial charge is 0.407 e. The van der Waals surface area contributed by atoms with E-state index in [0.29, 0.717) is 12.5 Å². The number of likely N-dealkylation sites (tertiary alicyclic amines) is 1. The molecule has 2 saturated heterocycles. The molecule has 0 aliphatic carbocycles. The molecule has 3 aromatic carbocycles. The Morgan fingerprint density at radius 2 is 1.96 bits per heavy atom. The van der Waals surface area contributed by atoms with E-state index in [1.807, 2.05) is 20.0 Å². The Kier molecular flexibility index (Phi) is 8.95. The molecule has 1 amide bonds. The number of amides is 1. The van der Waals surface area contributed by atoms with E-state index in [1.54, 1.807) is 7.11 Å². The third kappa shape index (κ3) is 6.13. The predicted molar refractivity (Wildman–Crippen MR) is 195 cm³/mol. The minimum absolute atomic E-state index is 0.0117. The highest BCUT2D eigenvalue weighted by Crippen LogP contribution is 2.44. The lowest BCUT2D eigenvalue weighted by molar-refractivity contribution is -0.0613. The van der Waals surface area contributed by atoms with E-state index >= 15 is 0 Å². The molecule has 6 atom stereocenters. The summed E-state index contributed by atoms with van der Waals surface area (Å²) < 4.78 is 16.6. The van der Waals surface area contributed by atoms with Crippen LogP contribution in [0.5, 0.6) is 5.75 Å². The Bertz CT molecular complexity index is 2070. The van der Waals surface area contributed by atoms with Crippen molar-refractivity contribution in [1.29, 1.82) is 0 Å². The molecule has 5 aromatic rings. The number of hydrogen-bond acceptors (Lipinski definition) is 9. The fourth-order valence-corrected chi connectivity index (χ4v) is 8.36.